The Labute approximate surface area is 99.7 Å². The number of hydrogen-bond acceptors (Lipinski definition) is 2. The van der Waals surface area contributed by atoms with Crippen molar-refractivity contribution in [1.82, 2.24) is 4.90 Å². The monoisotopic (exact) mass is 226 g/mol. The molecule has 0 rings (SSSR count). The second kappa shape index (κ2) is 9.40. The van der Waals surface area contributed by atoms with Crippen molar-refractivity contribution in [1.29, 1.82) is 0 Å². The van der Waals surface area contributed by atoms with Crippen LogP contribution in [0, 0.1) is 5.92 Å². The van der Waals surface area contributed by atoms with Crippen molar-refractivity contribution < 1.29 is 4.79 Å². The van der Waals surface area contributed by atoms with Gasteiger partial charge < -0.3 is 10.6 Å². The van der Waals surface area contributed by atoms with Gasteiger partial charge in [-0.25, -0.2) is 0 Å². The van der Waals surface area contributed by atoms with E-state index in [0.717, 1.165) is 32.4 Å². The maximum Gasteiger partial charge on any atom is 0.222 e. The van der Waals surface area contributed by atoms with Crippen LogP contribution in [0.5, 0.6) is 0 Å². The minimum Gasteiger partial charge on any atom is -0.339 e. The maximum atomic E-state index is 11.8. The number of likely N-dealkylation sites (N-methyl/N-ethyl adjacent to an activating group) is 1. The van der Waals surface area contributed by atoms with Crippen LogP contribution in [-0.2, 0) is 4.79 Å². The van der Waals surface area contributed by atoms with Crippen molar-refractivity contribution in [3.8, 4) is 0 Å². The summed E-state index contributed by atoms with van der Waals surface area (Å²) in [5, 5.41) is 0. The molecule has 0 aromatic heterocycles. The number of nitrogens with two attached hydrogens (primary N) is 1. The summed E-state index contributed by atoms with van der Waals surface area (Å²) in [6.07, 6.45) is 5.51. The summed E-state index contributed by atoms with van der Waals surface area (Å²) in [6.45, 7) is 9.96. The molecule has 0 saturated heterocycles. The van der Waals surface area contributed by atoms with Gasteiger partial charge in [-0.2, -0.15) is 0 Å². The Kier molecular flexibility index (Phi) is 8.91. The third-order valence-corrected chi connectivity index (χ3v) is 3.00. The van der Waals surface area contributed by atoms with Crippen LogP contribution in [0.4, 0.5) is 0 Å². The second-order valence-corrected chi connectivity index (χ2v) is 4.11. The molecule has 2 N–H and O–H groups in total. The number of carbonyl (C=O) groups excluding carboxylic acids is 1. The Balaban J connectivity index is 3.97. The third-order valence-electron chi connectivity index (χ3n) is 3.00. The molecule has 0 heterocycles. The van der Waals surface area contributed by atoms with Crippen molar-refractivity contribution >= 4 is 5.91 Å². The van der Waals surface area contributed by atoms with E-state index in [4.69, 9.17) is 5.73 Å². The molecule has 16 heavy (non-hydrogen) atoms. The summed E-state index contributed by atoms with van der Waals surface area (Å²) >= 11 is 0. The lowest BCUT2D eigenvalue weighted by Gasteiger charge is -2.20. The molecule has 0 saturated carbocycles. The summed E-state index contributed by atoms with van der Waals surface area (Å²) in [6, 6.07) is 0. The fraction of sp³-hybridized carbons (Fsp3) is 0.769. The highest BCUT2D eigenvalue weighted by Crippen LogP contribution is 2.15. The Hall–Kier alpha value is -0.830. The van der Waals surface area contributed by atoms with E-state index in [1.807, 2.05) is 11.8 Å². The van der Waals surface area contributed by atoms with E-state index in [0.29, 0.717) is 18.9 Å². The Morgan fingerprint density at radius 2 is 2.12 bits per heavy atom. The van der Waals surface area contributed by atoms with Crippen LogP contribution in [0.2, 0.25) is 0 Å². The van der Waals surface area contributed by atoms with Gasteiger partial charge >= 0.3 is 0 Å². The van der Waals surface area contributed by atoms with Crippen LogP contribution >= 0.6 is 0 Å². The maximum absolute atomic E-state index is 11.8. The minimum absolute atomic E-state index is 0.234. The average Bonchev–Trinajstić information content (AvgIpc) is 2.30. The summed E-state index contributed by atoms with van der Waals surface area (Å²) in [4.78, 5) is 13.7. The molecule has 94 valence electrons. The summed E-state index contributed by atoms with van der Waals surface area (Å²) in [7, 11) is 0. The molecule has 0 fully saturated rings. The van der Waals surface area contributed by atoms with Gasteiger partial charge in [0.2, 0.25) is 5.91 Å². The highest BCUT2D eigenvalue weighted by molar-refractivity contribution is 5.76. The van der Waals surface area contributed by atoms with Crippen LogP contribution in [-0.4, -0.2) is 30.4 Å². The standard InChI is InChI=1S/C13H26N2O/c1-4-11-15(6-3)13(16)8-7-12(5-2)9-10-14/h4,12H,1,5-11,14H2,2-3H3. The topological polar surface area (TPSA) is 46.3 Å². The lowest BCUT2D eigenvalue weighted by Crippen LogP contribution is -2.31. The number of carbonyl (C=O) groups is 1. The zero-order chi connectivity index (χ0) is 12.4. The molecule has 0 aliphatic rings. The molecule has 3 heteroatoms. The molecule has 0 aliphatic carbocycles. The first-order chi connectivity index (χ1) is 7.69. The molecule has 0 spiro atoms. The van der Waals surface area contributed by atoms with Gasteiger partial charge in [0, 0.05) is 19.5 Å². The first-order valence-electron chi connectivity index (χ1n) is 6.28. The molecule has 0 radical (unpaired) electrons. The number of rotatable bonds is 9. The van der Waals surface area contributed by atoms with Crippen molar-refractivity contribution in [2.45, 2.75) is 39.5 Å². The Morgan fingerprint density at radius 3 is 2.56 bits per heavy atom. The summed E-state index contributed by atoms with van der Waals surface area (Å²) in [5.74, 6) is 0.828. The number of amides is 1. The minimum atomic E-state index is 0.234. The molecule has 0 bridgehead atoms. The quantitative estimate of drug-likeness (QED) is 0.612. The van der Waals surface area contributed by atoms with E-state index in [2.05, 4.69) is 13.5 Å². The van der Waals surface area contributed by atoms with Crippen LogP contribution in [0.25, 0.3) is 0 Å². The molecule has 1 amide bonds. The van der Waals surface area contributed by atoms with E-state index in [-0.39, 0.29) is 5.91 Å². The van der Waals surface area contributed by atoms with E-state index in [1.54, 1.807) is 6.08 Å². The normalized spacial score (nSPS) is 12.2. The Morgan fingerprint density at radius 1 is 1.44 bits per heavy atom. The average molecular weight is 226 g/mol. The fourth-order valence-corrected chi connectivity index (χ4v) is 1.84. The van der Waals surface area contributed by atoms with Gasteiger partial charge in [-0.15, -0.1) is 6.58 Å². The lowest BCUT2D eigenvalue weighted by molar-refractivity contribution is -0.130. The van der Waals surface area contributed by atoms with E-state index in [1.165, 1.54) is 0 Å². The zero-order valence-electron chi connectivity index (χ0n) is 10.7. The first-order valence-corrected chi connectivity index (χ1v) is 6.28. The summed E-state index contributed by atoms with van der Waals surface area (Å²) in [5.41, 5.74) is 5.54. The van der Waals surface area contributed by atoms with Crippen LogP contribution in [0.15, 0.2) is 12.7 Å². The Bertz CT molecular complexity index is 204. The predicted octanol–water partition coefficient (Wildman–Crippen LogP) is 2.18. The molecular formula is C13H26N2O. The smallest absolute Gasteiger partial charge is 0.222 e. The molecule has 0 aromatic rings. The van der Waals surface area contributed by atoms with Crippen molar-refractivity contribution in [2.75, 3.05) is 19.6 Å². The van der Waals surface area contributed by atoms with Gasteiger partial charge in [0.1, 0.15) is 0 Å². The van der Waals surface area contributed by atoms with Gasteiger partial charge in [0.25, 0.3) is 0 Å². The van der Waals surface area contributed by atoms with Crippen LogP contribution in [0.3, 0.4) is 0 Å². The van der Waals surface area contributed by atoms with Crippen LogP contribution < -0.4 is 5.73 Å². The molecule has 1 unspecified atom stereocenters. The van der Waals surface area contributed by atoms with Crippen molar-refractivity contribution in [3.05, 3.63) is 12.7 Å². The van der Waals surface area contributed by atoms with E-state index >= 15 is 0 Å². The van der Waals surface area contributed by atoms with E-state index < -0.39 is 0 Å². The van der Waals surface area contributed by atoms with E-state index in [9.17, 15) is 4.79 Å². The zero-order valence-corrected chi connectivity index (χ0v) is 10.7. The van der Waals surface area contributed by atoms with Gasteiger partial charge in [-0.05, 0) is 32.2 Å². The second-order valence-electron chi connectivity index (χ2n) is 4.11. The largest absolute Gasteiger partial charge is 0.339 e. The molecule has 0 aliphatic heterocycles. The van der Waals surface area contributed by atoms with Crippen molar-refractivity contribution in [3.63, 3.8) is 0 Å². The number of nitrogens with zero attached hydrogens (tertiary/aromatic N) is 1. The fourth-order valence-electron chi connectivity index (χ4n) is 1.84. The highest BCUT2D eigenvalue weighted by atomic mass is 16.2. The SMILES string of the molecule is C=CCN(CC)C(=O)CCC(CC)CCN. The van der Waals surface area contributed by atoms with Crippen molar-refractivity contribution in [2.24, 2.45) is 11.7 Å². The van der Waals surface area contributed by atoms with Crippen LogP contribution in [0.1, 0.15) is 39.5 Å². The molecular weight excluding hydrogens is 200 g/mol. The predicted molar refractivity (Wildman–Crippen MR) is 69.1 cm³/mol. The number of hydrogen-bond donors (Lipinski definition) is 1. The van der Waals surface area contributed by atoms with Gasteiger partial charge in [-0.1, -0.05) is 19.4 Å². The third kappa shape index (κ3) is 5.91. The highest BCUT2D eigenvalue weighted by Gasteiger charge is 2.12. The van der Waals surface area contributed by atoms with Gasteiger partial charge in [0.05, 0.1) is 0 Å². The summed E-state index contributed by atoms with van der Waals surface area (Å²) < 4.78 is 0. The molecule has 0 aromatic carbocycles. The van der Waals surface area contributed by atoms with Gasteiger partial charge in [0.15, 0.2) is 0 Å². The lowest BCUT2D eigenvalue weighted by atomic mass is 9.96. The van der Waals surface area contributed by atoms with Gasteiger partial charge in [-0.3, -0.25) is 4.79 Å². The molecule has 1 atom stereocenters. The first kappa shape index (κ1) is 15.2. The molecule has 3 nitrogen and oxygen atoms in total.